The van der Waals surface area contributed by atoms with E-state index in [9.17, 15) is 12.8 Å². The number of hydrogen-bond acceptors (Lipinski definition) is 3. The third-order valence-corrected chi connectivity index (χ3v) is 5.64. The third-order valence-electron chi connectivity index (χ3n) is 3.64. The summed E-state index contributed by atoms with van der Waals surface area (Å²) >= 11 is 5.85. The summed E-state index contributed by atoms with van der Waals surface area (Å²) in [6.45, 7) is 0. The van der Waals surface area contributed by atoms with Crippen LogP contribution in [0.4, 0.5) is 4.39 Å². The minimum absolute atomic E-state index is 0.0304. The molecule has 0 bridgehead atoms. The summed E-state index contributed by atoms with van der Waals surface area (Å²) in [6, 6.07) is 3.66. The van der Waals surface area contributed by atoms with Gasteiger partial charge in [0.1, 0.15) is 10.7 Å². The zero-order chi connectivity index (χ0) is 14.8. The van der Waals surface area contributed by atoms with E-state index in [1.54, 1.807) is 0 Å². The normalized spacial score (nSPS) is 23.8. The van der Waals surface area contributed by atoms with Gasteiger partial charge in [-0.05, 0) is 50.9 Å². The van der Waals surface area contributed by atoms with Gasteiger partial charge >= 0.3 is 0 Å². The molecule has 2 rings (SSSR count). The van der Waals surface area contributed by atoms with Gasteiger partial charge in [0.2, 0.25) is 10.0 Å². The monoisotopic (exact) mass is 320 g/mol. The van der Waals surface area contributed by atoms with Crippen LogP contribution in [0.5, 0.6) is 0 Å². The Labute approximate surface area is 123 Å². The van der Waals surface area contributed by atoms with E-state index >= 15 is 0 Å². The molecule has 20 heavy (non-hydrogen) atoms. The highest BCUT2D eigenvalue weighted by Gasteiger charge is 2.26. The summed E-state index contributed by atoms with van der Waals surface area (Å²) in [5.74, 6) is -0.617. The average Bonchev–Trinajstić information content (AvgIpc) is 2.42. The minimum atomic E-state index is -3.78. The van der Waals surface area contributed by atoms with Gasteiger partial charge in [0.05, 0.1) is 5.02 Å². The summed E-state index contributed by atoms with van der Waals surface area (Å²) in [7, 11) is -1.88. The SMILES string of the molecule is CNC1CCC(NS(=O)(=O)c2cc(F)ccc2Cl)CC1. The smallest absolute Gasteiger partial charge is 0.242 e. The molecule has 112 valence electrons. The van der Waals surface area contributed by atoms with Crippen molar-refractivity contribution < 1.29 is 12.8 Å². The maximum atomic E-state index is 13.2. The van der Waals surface area contributed by atoms with Gasteiger partial charge in [-0.2, -0.15) is 0 Å². The summed E-state index contributed by atoms with van der Waals surface area (Å²) in [5, 5.41) is 3.22. The van der Waals surface area contributed by atoms with Gasteiger partial charge in [0, 0.05) is 12.1 Å². The molecule has 1 saturated carbocycles. The quantitative estimate of drug-likeness (QED) is 0.895. The van der Waals surface area contributed by atoms with Crippen molar-refractivity contribution in [2.24, 2.45) is 0 Å². The molecular weight excluding hydrogens is 303 g/mol. The van der Waals surface area contributed by atoms with Crippen LogP contribution in [0.25, 0.3) is 0 Å². The molecule has 0 saturated heterocycles. The molecule has 0 spiro atoms. The average molecular weight is 321 g/mol. The van der Waals surface area contributed by atoms with E-state index in [0.717, 1.165) is 37.8 Å². The molecule has 0 radical (unpaired) electrons. The Kier molecular flexibility index (Phi) is 5.01. The lowest BCUT2D eigenvalue weighted by atomic mass is 9.92. The maximum absolute atomic E-state index is 13.2. The molecule has 4 nitrogen and oxygen atoms in total. The zero-order valence-corrected chi connectivity index (χ0v) is 12.8. The van der Waals surface area contributed by atoms with Crippen LogP contribution in [0.1, 0.15) is 25.7 Å². The predicted octanol–water partition coefficient (Wildman–Crippen LogP) is 2.29. The van der Waals surface area contributed by atoms with E-state index in [1.165, 1.54) is 6.07 Å². The first-order valence-corrected chi connectivity index (χ1v) is 8.43. The van der Waals surface area contributed by atoms with E-state index in [4.69, 9.17) is 11.6 Å². The summed E-state index contributed by atoms with van der Waals surface area (Å²) in [4.78, 5) is -0.199. The molecule has 0 atom stereocenters. The second-order valence-corrected chi connectivity index (χ2v) is 7.12. The topological polar surface area (TPSA) is 58.2 Å². The molecule has 1 aliphatic carbocycles. The number of hydrogen-bond donors (Lipinski definition) is 2. The van der Waals surface area contributed by atoms with Crippen molar-refractivity contribution in [3.8, 4) is 0 Å². The molecule has 0 heterocycles. The highest BCUT2D eigenvalue weighted by Crippen LogP contribution is 2.25. The maximum Gasteiger partial charge on any atom is 0.242 e. The van der Waals surface area contributed by atoms with E-state index in [1.807, 2.05) is 7.05 Å². The Balaban J connectivity index is 2.10. The van der Waals surface area contributed by atoms with Gasteiger partial charge in [-0.15, -0.1) is 0 Å². The van der Waals surface area contributed by atoms with Crippen molar-refractivity contribution in [2.75, 3.05) is 7.05 Å². The fourth-order valence-electron chi connectivity index (χ4n) is 2.47. The van der Waals surface area contributed by atoms with Crippen molar-refractivity contribution in [3.63, 3.8) is 0 Å². The van der Waals surface area contributed by atoms with Gasteiger partial charge in [-0.1, -0.05) is 11.6 Å². The second-order valence-electron chi connectivity index (χ2n) is 5.03. The third kappa shape index (κ3) is 3.69. The number of benzene rings is 1. The fourth-order valence-corrected chi connectivity index (χ4v) is 4.28. The number of nitrogens with one attached hydrogen (secondary N) is 2. The lowest BCUT2D eigenvalue weighted by Gasteiger charge is -2.28. The van der Waals surface area contributed by atoms with Crippen LogP contribution in [0.15, 0.2) is 23.1 Å². The van der Waals surface area contributed by atoms with Crippen molar-refractivity contribution in [3.05, 3.63) is 29.0 Å². The van der Waals surface area contributed by atoms with Gasteiger partial charge in [-0.25, -0.2) is 17.5 Å². The van der Waals surface area contributed by atoms with Gasteiger partial charge < -0.3 is 5.32 Å². The molecular formula is C13H18ClFN2O2S. The Bertz CT molecular complexity index is 572. The fraction of sp³-hybridized carbons (Fsp3) is 0.538. The largest absolute Gasteiger partial charge is 0.317 e. The Morgan fingerprint density at radius 2 is 1.80 bits per heavy atom. The van der Waals surface area contributed by atoms with Crippen LogP contribution in [0, 0.1) is 5.82 Å². The van der Waals surface area contributed by atoms with Crippen LogP contribution in [-0.2, 0) is 10.0 Å². The van der Waals surface area contributed by atoms with Crippen LogP contribution >= 0.6 is 11.6 Å². The first-order valence-electron chi connectivity index (χ1n) is 6.57. The molecule has 7 heteroatoms. The van der Waals surface area contributed by atoms with Crippen molar-refractivity contribution in [1.82, 2.24) is 10.0 Å². The highest BCUT2D eigenvalue weighted by molar-refractivity contribution is 7.89. The van der Waals surface area contributed by atoms with Crippen LogP contribution < -0.4 is 10.0 Å². The molecule has 0 aromatic heterocycles. The molecule has 0 unspecified atom stereocenters. The van der Waals surface area contributed by atoms with E-state index in [2.05, 4.69) is 10.0 Å². The van der Waals surface area contributed by atoms with E-state index in [0.29, 0.717) is 6.04 Å². The molecule has 2 N–H and O–H groups in total. The van der Waals surface area contributed by atoms with Crippen molar-refractivity contribution in [2.45, 2.75) is 42.7 Å². The Hall–Kier alpha value is -0.690. The molecule has 1 aromatic carbocycles. The van der Waals surface area contributed by atoms with Crippen LogP contribution in [0.2, 0.25) is 5.02 Å². The molecule has 1 fully saturated rings. The zero-order valence-electron chi connectivity index (χ0n) is 11.2. The Morgan fingerprint density at radius 3 is 2.40 bits per heavy atom. The van der Waals surface area contributed by atoms with Crippen LogP contribution in [0.3, 0.4) is 0 Å². The first-order chi connectivity index (χ1) is 9.42. The summed E-state index contributed by atoms with van der Waals surface area (Å²) in [6.07, 6.45) is 3.36. The second kappa shape index (κ2) is 6.39. The van der Waals surface area contributed by atoms with Crippen molar-refractivity contribution >= 4 is 21.6 Å². The van der Waals surface area contributed by atoms with E-state index < -0.39 is 15.8 Å². The Morgan fingerprint density at radius 1 is 1.20 bits per heavy atom. The van der Waals surface area contributed by atoms with E-state index in [-0.39, 0.29) is 16.0 Å². The van der Waals surface area contributed by atoms with Gasteiger partial charge in [-0.3, -0.25) is 0 Å². The number of sulfonamides is 1. The molecule has 1 aromatic rings. The molecule has 0 amide bonds. The number of halogens is 2. The van der Waals surface area contributed by atoms with Crippen LogP contribution in [-0.4, -0.2) is 27.5 Å². The number of rotatable bonds is 4. The molecule has 1 aliphatic rings. The van der Waals surface area contributed by atoms with Crippen molar-refractivity contribution in [1.29, 1.82) is 0 Å². The summed E-state index contributed by atoms with van der Waals surface area (Å²) < 4.78 is 40.3. The highest BCUT2D eigenvalue weighted by atomic mass is 35.5. The lowest BCUT2D eigenvalue weighted by Crippen LogP contribution is -2.41. The predicted molar refractivity (Wildman–Crippen MR) is 76.8 cm³/mol. The molecule has 0 aliphatic heterocycles. The minimum Gasteiger partial charge on any atom is -0.317 e. The standard InChI is InChI=1S/C13H18ClFN2O2S/c1-16-10-3-5-11(6-4-10)17-20(18,19)13-8-9(15)2-7-12(13)14/h2,7-8,10-11,16-17H,3-6H2,1H3. The summed E-state index contributed by atoms with van der Waals surface area (Å²) in [5.41, 5.74) is 0. The van der Waals surface area contributed by atoms with Gasteiger partial charge in [0.15, 0.2) is 0 Å². The van der Waals surface area contributed by atoms with Gasteiger partial charge in [0.25, 0.3) is 0 Å². The first kappa shape index (κ1) is 15.7. The lowest BCUT2D eigenvalue weighted by molar-refractivity contribution is 0.343.